The Morgan fingerprint density at radius 3 is 2.88 bits per heavy atom. The van der Waals surface area contributed by atoms with Gasteiger partial charge in [0.25, 0.3) is 0 Å². The maximum atomic E-state index is 5.85. The fourth-order valence-electron chi connectivity index (χ4n) is 1.72. The Bertz CT molecular complexity index is 691. The zero-order chi connectivity index (χ0) is 11.8. The van der Waals surface area contributed by atoms with Gasteiger partial charge in [-0.2, -0.15) is 4.98 Å². The summed E-state index contributed by atoms with van der Waals surface area (Å²) < 4.78 is 5.66. The number of aromatic nitrogens is 2. The Labute approximate surface area is 103 Å². The van der Waals surface area contributed by atoms with Crippen LogP contribution >= 0.6 is 11.6 Å². The first kappa shape index (κ1) is 10.3. The summed E-state index contributed by atoms with van der Waals surface area (Å²) in [6, 6.07) is 9.65. The van der Waals surface area contributed by atoms with Crippen LogP contribution in [0.1, 0.15) is 5.56 Å². The number of rotatable bonds is 1. The molecule has 0 amide bonds. The summed E-state index contributed by atoms with van der Waals surface area (Å²) in [7, 11) is 0. The van der Waals surface area contributed by atoms with Crippen molar-refractivity contribution >= 4 is 22.8 Å². The van der Waals surface area contributed by atoms with Crippen LogP contribution in [0, 0.1) is 6.92 Å². The topological polar surface area (TPSA) is 38.9 Å². The van der Waals surface area contributed by atoms with Gasteiger partial charge in [0.1, 0.15) is 0 Å². The van der Waals surface area contributed by atoms with Gasteiger partial charge in [0.2, 0.25) is 5.89 Å². The van der Waals surface area contributed by atoms with E-state index in [1.807, 2.05) is 31.2 Å². The van der Waals surface area contributed by atoms with Gasteiger partial charge < -0.3 is 4.42 Å². The first-order valence-corrected chi connectivity index (χ1v) is 5.60. The van der Waals surface area contributed by atoms with Crippen LogP contribution in [-0.4, -0.2) is 9.97 Å². The Morgan fingerprint density at radius 1 is 1.24 bits per heavy atom. The van der Waals surface area contributed by atoms with Crippen molar-refractivity contribution < 1.29 is 4.42 Å². The Balaban J connectivity index is 2.22. The van der Waals surface area contributed by atoms with Crippen molar-refractivity contribution in [3.05, 3.63) is 47.1 Å². The third kappa shape index (κ3) is 1.78. The zero-order valence-corrected chi connectivity index (χ0v) is 9.90. The molecule has 0 unspecified atom stereocenters. The smallest absolute Gasteiger partial charge is 0.229 e. The summed E-state index contributed by atoms with van der Waals surface area (Å²) in [6.07, 6.45) is 1.56. The lowest BCUT2D eigenvalue weighted by atomic mass is 10.1. The van der Waals surface area contributed by atoms with E-state index in [-0.39, 0.29) is 0 Å². The predicted molar refractivity (Wildman–Crippen MR) is 67.0 cm³/mol. The van der Waals surface area contributed by atoms with E-state index in [0.717, 1.165) is 11.1 Å². The summed E-state index contributed by atoms with van der Waals surface area (Å²) in [6.45, 7) is 2.02. The van der Waals surface area contributed by atoms with Gasteiger partial charge in [-0.1, -0.05) is 29.8 Å². The third-order valence-corrected chi connectivity index (χ3v) is 2.80. The Hall–Kier alpha value is -1.87. The molecular formula is C13H9ClN2O. The van der Waals surface area contributed by atoms with E-state index in [0.29, 0.717) is 22.1 Å². The van der Waals surface area contributed by atoms with Gasteiger partial charge in [0.05, 0.1) is 5.02 Å². The van der Waals surface area contributed by atoms with Gasteiger partial charge in [-0.15, -0.1) is 0 Å². The molecule has 1 aromatic carbocycles. The molecule has 0 bridgehead atoms. The average Bonchev–Trinajstić information content (AvgIpc) is 2.72. The van der Waals surface area contributed by atoms with Crippen LogP contribution in [0.2, 0.25) is 5.02 Å². The minimum absolute atomic E-state index is 0.546. The molecule has 0 spiro atoms. The van der Waals surface area contributed by atoms with E-state index in [1.54, 1.807) is 12.3 Å². The van der Waals surface area contributed by atoms with Crippen LogP contribution in [0.3, 0.4) is 0 Å². The van der Waals surface area contributed by atoms with Crippen LogP contribution in [0.15, 0.2) is 40.9 Å². The second-order valence-electron chi connectivity index (χ2n) is 3.81. The van der Waals surface area contributed by atoms with Crippen molar-refractivity contribution in [2.45, 2.75) is 6.92 Å². The van der Waals surface area contributed by atoms with E-state index in [9.17, 15) is 0 Å². The molecule has 3 nitrogen and oxygen atoms in total. The number of nitrogens with zero attached hydrogens (tertiary/aromatic N) is 2. The summed E-state index contributed by atoms with van der Waals surface area (Å²) in [5, 5.41) is 0.546. The molecule has 4 heteroatoms. The molecule has 0 N–H and O–H groups in total. The quantitative estimate of drug-likeness (QED) is 0.653. The van der Waals surface area contributed by atoms with Gasteiger partial charge in [0.15, 0.2) is 11.2 Å². The van der Waals surface area contributed by atoms with E-state index in [4.69, 9.17) is 16.0 Å². The van der Waals surface area contributed by atoms with Crippen molar-refractivity contribution in [2.24, 2.45) is 0 Å². The molecule has 0 aliphatic rings. The molecule has 3 rings (SSSR count). The maximum Gasteiger partial charge on any atom is 0.229 e. The highest BCUT2D eigenvalue weighted by Gasteiger charge is 2.10. The zero-order valence-electron chi connectivity index (χ0n) is 9.14. The number of hydrogen-bond acceptors (Lipinski definition) is 3. The molecule has 17 heavy (non-hydrogen) atoms. The minimum atomic E-state index is 0.546. The van der Waals surface area contributed by atoms with Gasteiger partial charge in [-0.05, 0) is 18.6 Å². The minimum Gasteiger partial charge on any atom is -0.434 e. The fraction of sp³-hybridized carbons (Fsp3) is 0.0769. The van der Waals surface area contributed by atoms with Crippen LogP contribution in [0.25, 0.3) is 22.7 Å². The highest BCUT2D eigenvalue weighted by atomic mass is 35.5. The predicted octanol–water partition coefficient (Wildman–Crippen LogP) is 3.85. The molecule has 0 saturated heterocycles. The summed E-state index contributed by atoms with van der Waals surface area (Å²) >= 11 is 5.85. The second-order valence-corrected chi connectivity index (χ2v) is 4.25. The fourth-order valence-corrected chi connectivity index (χ4v) is 1.87. The molecule has 2 aromatic heterocycles. The normalized spacial score (nSPS) is 10.9. The van der Waals surface area contributed by atoms with Crippen LogP contribution in [0.5, 0.6) is 0 Å². The molecule has 0 fully saturated rings. The number of fused-ring (bicyclic) bond motifs is 1. The van der Waals surface area contributed by atoms with Crippen molar-refractivity contribution in [3.8, 4) is 11.5 Å². The molecule has 84 valence electrons. The number of pyridine rings is 1. The van der Waals surface area contributed by atoms with E-state index in [1.165, 1.54) is 0 Å². The molecule has 0 aliphatic carbocycles. The lowest BCUT2D eigenvalue weighted by molar-refractivity contribution is 0.619. The van der Waals surface area contributed by atoms with Crippen molar-refractivity contribution in [1.82, 2.24) is 9.97 Å². The molecule has 3 aromatic rings. The largest absolute Gasteiger partial charge is 0.434 e. The number of benzene rings is 1. The highest BCUT2D eigenvalue weighted by Crippen LogP contribution is 2.26. The first-order chi connectivity index (χ1) is 8.24. The van der Waals surface area contributed by atoms with Crippen LogP contribution < -0.4 is 0 Å². The third-order valence-electron chi connectivity index (χ3n) is 2.59. The average molecular weight is 245 g/mol. The molecule has 0 aliphatic heterocycles. The molecule has 0 atom stereocenters. The first-order valence-electron chi connectivity index (χ1n) is 5.22. The van der Waals surface area contributed by atoms with E-state index in [2.05, 4.69) is 9.97 Å². The van der Waals surface area contributed by atoms with Gasteiger partial charge in [-0.25, -0.2) is 4.98 Å². The number of aryl methyl sites for hydroxylation is 1. The molecule has 2 heterocycles. The lowest BCUT2D eigenvalue weighted by Crippen LogP contribution is -1.81. The number of halogens is 1. The standard InChI is InChI=1S/C13H9ClN2O/c1-8-4-2-3-5-10(8)13-16-12-11(17-13)6-9(14)7-15-12/h2-7H,1H3. The van der Waals surface area contributed by atoms with Gasteiger partial charge in [0, 0.05) is 17.8 Å². The number of hydrogen-bond donors (Lipinski definition) is 0. The highest BCUT2D eigenvalue weighted by molar-refractivity contribution is 6.30. The second kappa shape index (κ2) is 3.86. The van der Waals surface area contributed by atoms with Crippen molar-refractivity contribution in [3.63, 3.8) is 0 Å². The summed E-state index contributed by atoms with van der Waals surface area (Å²) in [5.41, 5.74) is 3.27. The number of oxazole rings is 1. The van der Waals surface area contributed by atoms with Crippen molar-refractivity contribution in [1.29, 1.82) is 0 Å². The summed E-state index contributed by atoms with van der Waals surface area (Å²) in [5.74, 6) is 0.577. The van der Waals surface area contributed by atoms with Crippen LogP contribution in [0.4, 0.5) is 0 Å². The van der Waals surface area contributed by atoms with E-state index >= 15 is 0 Å². The molecule has 0 saturated carbocycles. The SMILES string of the molecule is Cc1ccccc1-c1nc2ncc(Cl)cc2o1. The summed E-state index contributed by atoms with van der Waals surface area (Å²) in [4.78, 5) is 8.47. The van der Waals surface area contributed by atoms with Crippen LogP contribution in [-0.2, 0) is 0 Å². The Kier molecular flexibility index (Phi) is 2.34. The van der Waals surface area contributed by atoms with Gasteiger partial charge in [-0.3, -0.25) is 0 Å². The Morgan fingerprint density at radius 2 is 2.06 bits per heavy atom. The van der Waals surface area contributed by atoms with E-state index < -0.39 is 0 Å². The molecule has 0 radical (unpaired) electrons. The maximum absolute atomic E-state index is 5.85. The monoisotopic (exact) mass is 244 g/mol. The lowest BCUT2D eigenvalue weighted by Gasteiger charge is -1.98. The molecular weight excluding hydrogens is 236 g/mol. The van der Waals surface area contributed by atoms with Crippen molar-refractivity contribution in [2.75, 3.05) is 0 Å². The van der Waals surface area contributed by atoms with Gasteiger partial charge >= 0.3 is 0 Å².